The van der Waals surface area contributed by atoms with Gasteiger partial charge in [0.2, 0.25) is 5.95 Å². The predicted octanol–water partition coefficient (Wildman–Crippen LogP) is -0.675. The SMILES string of the molecule is Cc1cc(N2CCN(CCC(=O)O)C[C@H](O)C2)nc(N)n1. The Balaban J connectivity index is 2.04. The van der Waals surface area contributed by atoms with E-state index in [2.05, 4.69) is 9.97 Å². The van der Waals surface area contributed by atoms with Crippen LogP contribution in [-0.4, -0.2) is 69.9 Å². The number of aliphatic hydroxyl groups excluding tert-OH is 1. The highest BCUT2D eigenvalue weighted by atomic mass is 16.4. The summed E-state index contributed by atoms with van der Waals surface area (Å²) >= 11 is 0. The van der Waals surface area contributed by atoms with Gasteiger partial charge in [0.15, 0.2) is 0 Å². The molecule has 8 heteroatoms. The van der Waals surface area contributed by atoms with Crippen LogP contribution >= 0.6 is 0 Å². The van der Waals surface area contributed by atoms with Crippen molar-refractivity contribution in [2.75, 3.05) is 43.4 Å². The highest BCUT2D eigenvalue weighted by Crippen LogP contribution is 2.16. The van der Waals surface area contributed by atoms with Crippen LogP contribution in [0.15, 0.2) is 6.07 Å². The summed E-state index contributed by atoms with van der Waals surface area (Å²) in [6.07, 6.45) is -0.482. The Morgan fingerprint density at radius 1 is 1.43 bits per heavy atom. The van der Waals surface area contributed by atoms with Crippen LogP contribution in [-0.2, 0) is 4.79 Å². The Labute approximate surface area is 123 Å². The number of β-amino-alcohol motifs (C(OH)–C–C–N with tert-alkyl or cyclic N) is 1. The smallest absolute Gasteiger partial charge is 0.304 e. The molecule has 0 aliphatic carbocycles. The first-order chi connectivity index (χ1) is 9.94. The van der Waals surface area contributed by atoms with E-state index in [0.717, 1.165) is 5.69 Å². The molecule has 1 aromatic heterocycles. The van der Waals surface area contributed by atoms with Crippen LogP contribution in [0.1, 0.15) is 12.1 Å². The molecule has 1 fully saturated rings. The van der Waals surface area contributed by atoms with Crippen LogP contribution in [0.3, 0.4) is 0 Å². The van der Waals surface area contributed by atoms with Crippen LogP contribution in [0.2, 0.25) is 0 Å². The number of hydrogen-bond donors (Lipinski definition) is 3. The topological polar surface area (TPSA) is 116 Å². The van der Waals surface area contributed by atoms with Crippen molar-refractivity contribution in [2.24, 2.45) is 0 Å². The predicted molar refractivity (Wildman–Crippen MR) is 78.1 cm³/mol. The van der Waals surface area contributed by atoms with E-state index in [9.17, 15) is 9.90 Å². The quantitative estimate of drug-likeness (QED) is 0.669. The number of aromatic nitrogens is 2. The average Bonchev–Trinajstić information content (AvgIpc) is 2.57. The standard InChI is InChI=1S/C13H21N5O3/c1-9-6-11(16-13(14)15-9)18-5-4-17(3-2-12(20)21)7-10(19)8-18/h6,10,19H,2-5,7-8H2,1H3,(H,20,21)(H2,14,15,16)/t10-/m0/s1. The molecular formula is C13H21N5O3. The van der Waals surface area contributed by atoms with Gasteiger partial charge in [-0.05, 0) is 6.92 Å². The van der Waals surface area contributed by atoms with E-state index in [-0.39, 0.29) is 12.4 Å². The van der Waals surface area contributed by atoms with Crippen LogP contribution in [0.5, 0.6) is 0 Å². The zero-order valence-electron chi connectivity index (χ0n) is 12.1. The molecule has 4 N–H and O–H groups in total. The van der Waals surface area contributed by atoms with Crippen LogP contribution in [0.25, 0.3) is 0 Å². The van der Waals surface area contributed by atoms with Crippen LogP contribution in [0, 0.1) is 6.92 Å². The lowest BCUT2D eigenvalue weighted by molar-refractivity contribution is -0.137. The van der Waals surface area contributed by atoms with E-state index in [1.165, 1.54) is 0 Å². The Bertz CT molecular complexity index is 490. The minimum atomic E-state index is -0.829. The number of nitrogens with zero attached hydrogens (tertiary/aromatic N) is 4. The zero-order valence-corrected chi connectivity index (χ0v) is 12.1. The van der Waals surface area contributed by atoms with Crippen molar-refractivity contribution in [3.05, 3.63) is 11.8 Å². The van der Waals surface area contributed by atoms with Gasteiger partial charge in [-0.2, -0.15) is 4.98 Å². The van der Waals surface area contributed by atoms with E-state index in [0.29, 0.717) is 38.5 Å². The molecule has 2 rings (SSSR count). The highest BCUT2D eigenvalue weighted by molar-refractivity contribution is 5.66. The summed E-state index contributed by atoms with van der Waals surface area (Å²) in [6.45, 7) is 4.52. The van der Waals surface area contributed by atoms with Crippen molar-refractivity contribution in [1.29, 1.82) is 0 Å². The summed E-state index contributed by atoms with van der Waals surface area (Å²) in [5, 5.41) is 18.8. The molecule has 0 saturated carbocycles. The largest absolute Gasteiger partial charge is 0.481 e. The summed E-state index contributed by atoms with van der Waals surface area (Å²) in [4.78, 5) is 22.8. The lowest BCUT2D eigenvalue weighted by Gasteiger charge is -2.23. The van der Waals surface area contributed by atoms with Crippen molar-refractivity contribution >= 4 is 17.7 Å². The van der Waals surface area contributed by atoms with Crippen molar-refractivity contribution in [3.8, 4) is 0 Å². The van der Waals surface area contributed by atoms with Crippen molar-refractivity contribution in [1.82, 2.24) is 14.9 Å². The second kappa shape index (κ2) is 6.68. The molecule has 0 unspecified atom stereocenters. The van der Waals surface area contributed by atoms with Gasteiger partial charge in [-0.25, -0.2) is 4.98 Å². The van der Waals surface area contributed by atoms with E-state index >= 15 is 0 Å². The summed E-state index contributed by atoms with van der Waals surface area (Å²) in [7, 11) is 0. The first kappa shape index (κ1) is 15.5. The van der Waals surface area contributed by atoms with Gasteiger partial charge in [-0.15, -0.1) is 0 Å². The summed E-state index contributed by atoms with van der Waals surface area (Å²) in [5.74, 6) is 0.0791. The van der Waals surface area contributed by atoms with Gasteiger partial charge in [0.1, 0.15) is 5.82 Å². The molecule has 1 aliphatic rings. The molecule has 116 valence electrons. The number of aliphatic carboxylic acids is 1. The maximum atomic E-state index is 10.6. The lowest BCUT2D eigenvalue weighted by Crippen LogP contribution is -2.34. The first-order valence-electron chi connectivity index (χ1n) is 6.92. The van der Waals surface area contributed by atoms with Gasteiger partial charge in [-0.1, -0.05) is 0 Å². The Hall–Kier alpha value is -1.93. The number of carboxylic acids is 1. The number of aliphatic hydroxyl groups is 1. The molecule has 0 radical (unpaired) electrons. The molecule has 2 heterocycles. The summed E-state index contributed by atoms with van der Waals surface area (Å²) in [6, 6.07) is 1.83. The molecule has 21 heavy (non-hydrogen) atoms. The van der Waals surface area contributed by atoms with Gasteiger partial charge >= 0.3 is 5.97 Å². The maximum absolute atomic E-state index is 10.6. The molecule has 1 aliphatic heterocycles. The minimum Gasteiger partial charge on any atom is -0.481 e. The second-order valence-corrected chi connectivity index (χ2v) is 5.27. The number of anilines is 2. The van der Waals surface area contributed by atoms with Gasteiger partial charge in [0.05, 0.1) is 12.5 Å². The first-order valence-corrected chi connectivity index (χ1v) is 6.92. The lowest BCUT2D eigenvalue weighted by atomic mass is 10.3. The molecule has 1 aromatic rings. The van der Waals surface area contributed by atoms with Gasteiger partial charge < -0.3 is 20.8 Å². The van der Waals surface area contributed by atoms with Crippen LogP contribution in [0.4, 0.5) is 11.8 Å². The molecule has 0 aromatic carbocycles. The molecular weight excluding hydrogens is 274 g/mol. The number of carboxylic acid groups (broad SMARTS) is 1. The third kappa shape index (κ3) is 4.54. The highest BCUT2D eigenvalue weighted by Gasteiger charge is 2.22. The fourth-order valence-corrected chi connectivity index (χ4v) is 2.46. The van der Waals surface area contributed by atoms with Crippen molar-refractivity contribution < 1.29 is 15.0 Å². The molecule has 0 spiro atoms. The van der Waals surface area contributed by atoms with Crippen molar-refractivity contribution in [2.45, 2.75) is 19.4 Å². The van der Waals surface area contributed by atoms with E-state index in [4.69, 9.17) is 10.8 Å². The number of rotatable bonds is 4. The van der Waals surface area contributed by atoms with E-state index < -0.39 is 12.1 Å². The molecule has 8 nitrogen and oxygen atoms in total. The Morgan fingerprint density at radius 3 is 2.86 bits per heavy atom. The normalized spacial score (nSPS) is 20.3. The number of hydrogen-bond acceptors (Lipinski definition) is 7. The average molecular weight is 295 g/mol. The molecule has 0 bridgehead atoms. The fraction of sp³-hybridized carbons (Fsp3) is 0.615. The monoisotopic (exact) mass is 295 g/mol. The second-order valence-electron chi connectivity index (χ2n) is 5.27. The molecule has 0 amide bonds. The Kier molecular flexibility index (Phi) is 4.92. The fourth-order valence-electron chi connectivity index (χ4n) is 2.46. The number of nitrogens with two attached hydrogens (primary N) is 1. The van der Waals surface area contributed by atoms with E-state index in [1.807, 2.05) is 22.8 Å². The van der Waals surface area contributed by atoms with Crippen LogP contribution < -0.4 is 10.6 Å². The summed E-state index contributed by atoms with van der Waals surface area (Å²) < 4.78 is 0. The van der Waals surface area contributed by atoms with Crippen molar-refractivity contribution in [3.63, 3.8) is 0 Å². The Morgan fingerprint density at radius 2 is 2.19 bits per heavy atom. The number of nitrogen functional groups attached to an aromatic ring is 1. The summed E-state index contributed by atoms with van der Waals surface area (Å²) in [5.41, 5.74) is 6.44. The molecule has 1 atom stereocenters. The third-order valence-corrected chi connectivity index (χ3v) is 3.41. The number of aryl methyl sites for hydroxylation is 1. The number of carbonyl (C=O) groups is 1. The minimum absolute atomic E-state index is 0.0757. The third-order valence-electron chi connectivity index (χ3n) is 3.41. The molecule has 1 saturated heterocycles. The maximum Gasteiger partial charge on any atom is 0.304 e. The van der Waals surface area contributed by atoms with Gasteiger partial charge in [0.25, 0.3) is 0 Å². The van der Waals surface area contributed by atoms with Gasteiger partial charge in [0, 0.05) is 44.5 Å². The van der Waals surface area contributed by atoms with E-state index in [1.54, 1.807) is 0 Å². The zero-order chi connectivity index (χ0) is 15.4. The van der Waals surface area contributed by atoms with Gasteiger partial charge in [-0.3, -0.25) is 9.69 Å².